The van der Waals surface area contributed by atoms with E-state index < -0.39 is 5.60 Å². The maximum absolute atomic E-state index is 11.8. The Morgan fingerprint density at radius 2 is 1.86 bits per heavy atom. The van der Waals surface area contributed by atoms with Gasteiger partial charge in [-0.25, -0.2) is 0 Å². The van der Waals surface area contributed by atoms with E-state index in [0.717, 1.165) is 49.8 Å². The van der Waals surface area contributed by atoms with E-state index in [2.05, 4.69) is 37.6 Å². The molecule has 42 heavy (non-hydrogen) atoms. The van der Waals surface area contributed by atoms with E-state index in [9.17, 15) is 14.7 Å². The molecule has 7 rings (SSSR count). The lowest BCUT2D eigenvalue weighted by Gasteiger charge is -2.58. The first-order valence-electron chi connectivity index (χ1n) is 15.1. The summed E-state index contributed by atoms with van der Waals surface area (Å²) in [6.07, 6.45) is 23.1. The second-order valence-corrected chi connectivity index (χ2v) is 13.2. The highest BCUT2D eigenvalue weighted by Gasteiger charge is 2.63. The summed E-state index contributed by atoms with van der Waals surface area (Å²) in [6, 6.07) is 9.55. The third-order valence-corrected chi connectivity index (χ3v) is 11.4. The van der Waals surface area contributed by atoms with Crippen LogP contribution in [0.1, 0.15) is 75.2 Å². The zero-order valence-corrected chi connectivity index (χ0v) is 24.5. The number of fused-ring (bicyclic) bond motifs is 6. The Balaban J connectivity index is 0.000000163. The molecule has 0 saturated heterocycles. The lowest BCUT2D eigenvalue weighted by Crippen LogP contribution is -2.54. The lowest BCUT2D eigenvalue weighted by molar-refractivity contribution is -0.114. The van der Waals surface area contributed by atoms with E-state index >= 15 is 0 Å². The van der Waals surface area contributed by atoms with E-state index in [-0.39, 0.29) is 28.3 Å². The quantitative estimate of drug-likeness (QED) is 0.253. The molecule has 216 valence electrons. The number of terminal acetylenes is 1. The average Bonchev–Trinajstić information content (AvgIpc) is 3.55. The van der Waals surface area contributed by atoms with Gasteiger partial charge in [0.15, 0.2) is 17.3 Å². The Labute approximate surface area is 248 Å². The Bertz CT molecular complexity index is 1550. The number of carbonyl (C=O) groups excluding carboxylic acids is 2. The van der Waals surface area contributed by atoms with Crippen molar-refractivity contribution in [2.75, 3.05) is 0 Å². The maximum atomic E-state index is 11.8. The van der Waals surface area contributed by atoms with Crippen LogP contribution in [0.15, 0.2) is 83.1 Å². The van der Waals surface area contributed by atoms with E-state index in [1.54, 1.807) is 11.6 Å². The number of rotatable bonds is 3. The summed E-state index contributed by atoms with van der Waals surface area (Å²) < 4.78 is 5.43. The number of allylic oxidation sites excluding steroid dienone is 6. The summed E-state index contributed by atoms with van der Waals surface area (Å²) in [5, 5.41) is 15.1. The minimum Gasteiger partial charge on any atom is -0.377 e. The number of carbonyl (C=O) groups is 2. The average molecular weight is 562 g/mol. The Hall–Kier alpha value is -3.75. The van der Waals surface area contributed by atoms with Crippen LogP contribution in [0.25, 0.3) is 6.08 Å². The van der Waals surface area contributed by atoms with Gasteiger partial charge in [0.25, 0.3) is 0 Å². The molecule has 5 heteroatoms. The Kier molecular flexibility index (Phi) is 7.10. The molecule has 0 amide bonds. The van der Waals surface area contributed by atoms with Gasteiger partial charge in [0.2, 0.25) is 0 Å². The molecule has 1 aromatic heterocycles. The topological polar surface area (TPSA) is 80.4 Å². The van der Waals surface area contributed by atoms with Crippen LogP contribution in [0.4, 0.5) is 0 Å². The molecule has 5 aliphatic carbocycles. The molecule has 1 aromatic carbocycles. The van der Waals surface area contributed by atoms with Gasteiger partial charge < -0.3 is 9.63 Å². The first-order chi connectivity index (χ1) is 20.1. The zero-order chi connectivity index (χ0) is 29.7. The number of hydrogen-bond donors (Lipinski definition) is 1. The van der Waals surface area contributed by atoms with E-state index in [4.69, 9.17) is 10.9 Å². The number of hydrogen-bond acceptors (Lipinski definition) is 5. The van der Waals surface area contributed by atoms with Gasteiger partial charge in [-0.3, -0.25) is 9.59 Å². The second-order valence-electron chi connectivity index (χ2n) is 13.2. The van der Waals surface area contributed by atoms with Gasteiger partial charge >= 0.3 is 0 Å². The van der Waals surface area contributed by atoms with E-state index in [1.807, 2.05) is 36.5 Å². The fourth-order valence-corrected chi connectivity index (χ4v) is 9.01. The highest BCUT2D eigenvalue weighted by atomic mass is 16.5. The first-order valence-corrected chi connectivity index (χ1v) is 15.1. The number of nitrogens with zero attached hydrogens (tertiary/aromatic N) is 1. The molecule has 7 atom stereocenters. The fraction of sp³-hybridized carbons (Fsp3) is 0.432. The second kappa shape index (κ2) is 10.5. The monoisotopic (exact) mass is 561 g/mol. The number of aromatic nitrogens is 1. The third kappa shape index (κ3) is 4.39. The van der Waals surface area contributed by atoms with Gasteiger partial charge in [0.1, 0.15) is 5.60 Å². The van der Waals surface area contributed by atoms with Gasteiger partial charge in [-0.1, -0.05) is 66.9 Å². The molecule has 7 unspecified atom stereocenters. The molecule has 0 spiro atoms. The molecule has 3 saturated carbocycles. The van der Waals surface area contributed by atoms with Crippen molar-refractivity contribution in [3.05, 3.63) is 95.4 Å². The normalized spacial score (nSPS) is 35.1. The molecule has 0 radical (unpaired) electrons. The van der Waals surface area contributed by atoms with E-state index in [1.165, 1.54) is 30.2 Å². The number of ketones is 2. The van der Waals surface area contributed by atoms with Crippen molar-refractivity contribution in [1.82, 2.24) is 5.16 Å². The summed E-state index contributed by atoms with van der Waals surface area (Å²) in [5.74, 6) is 5.14. The molecule has 2 aromatic rings. The standard InChI is InChI=1S/C22H27NO2.C15H12O2/c1-4-22(24)10-8-18-16-6-5-15-11-19-14(13-23-25-19)12-20(15,2)17(16)7-9-21(18,22)3;1-2-13(11-6-4-3-5-7-11)14-10-12(16)8-9-15(14)17/h1,11,13,16-18,24H,5-10,12H2,2-3H3;2-10,13H,1H2. The van der Waals surface area contributed by atoms with Crippen LogP contribution in [-0.4, -0.2) is 27.4 Å². The highest BCUT2D eigenvalue weighted by molar-refractivity contribution is 6.18. The molecular weight excluding hydrogens is 522 g/mol. The van der Waals surface area contributed by atoms with Gasteiger partial charge in [0.05, 0.1) is 6.20 Å². The van der Waals surface area contributed by atoms with Crippen molar-refractivity contribution >= 4 is 17.6 Å². The van der Waals surface area contributed by atoms with Crippen LogP contribution >= 0.6 is 0 Å². The SMILES string of the molecule is C#CC1(O)CCC2C3CCC4=Cc5oncc5CC4(C)C3CCC21C.C=CC(C1=CC(=O)C=CC1=O)c1ccccc1. The van der Waals surface area contributed by atoms with Gasteiger partial charge in [-0.15, -0.1) is 13.0 Å². The summed E-state index contributed by atoms with van der Waals surface area (Å²) in [6.45, 7) is 8.46. The maximum Gasteiger partial charge on any atom is 0.183 e. The van der Waals surface area contributed by atoms with E-state index in [0.29, 0.717) is 23.3 Å². The van der Waals surface area contributed by atoms with Crippen molar-refractivity contribution in [2.24, 2.45) is 28.6 Å². The van der Waals surface area contributed by atoms with Gasteiger partial charge in [-0.05, 0) is 98.0 Å². The van der Waals surface area contributed by atoms with Crippen molar-refractivity contribution < 1.29 is 19.2 Å². The molecule has 1 N–H and O–H groups in total. The molecule has 5 nitrogen and oxygen atoms in total. The molecule has 0 aliphatic heterocycles. The minimum absolute atomic E-state index is 0.114. The van der Waals surface area contributed by atoms with Crippen LogP contribution in [0.2, 0.25) is 0 Å². The summed E-state index contributed by atoms with van der Waals surface area (Å²) in [4.78, 5) is 23.1. The molecule has 0 bridgehead atoms. The van der Waals surface area contributed by atoms with Crippen molar-refractivity contribution in [3.63, 3.8) is 0 Å². The Morgan fingerprint density at radius 1 is 1.10 bits per heavy atom. The predicted octanol–water partition coefficient (Wildman–Crippen LogP) is 6.81. The van der Waals surface area contributed by atoms with Gasteiger partial charge in [-0.2, -0.15) is 0 Å². The first kappa shape index (κ1) is 28.4. The van der Waals surface area contributed by atoms with Crippen LogP contribution in [0, 0.1) is 40.9 Å². The summed E-state index contributed by atoms with van der Waals surface area (Å²) in [7, 11) is 0. The predicted molar refractivity (Wildman–Crippen MR) is 163 cm³/mol. The van der Waals surface area contributed by atoms with Crippen LogP contribution in [-0.2, 0) is 16.0 Å². The smallest absolute Gasteiger partial charge is 0.183 e. The Morgan fingerprint density at radius 3 is 2.60 bits per heavy atom. The lowest BCUT2D eigenvalue weighted by atomic mass is 9.46. The van der Waals surface area contributed by atoms with Crippen LogP contribution in [0.3, 0.4) is 0 Å². The van der Waals surface area contributed by atoms with Crippen molar-refractivity contribution in [1.29, 1.82) is 0 Å². The third-order valence-electron chi connectivity index (χ3n) is 11.4. The number of aliphatic hydroxyl groups is 1. The summed E-state index contributed by atoms with van der Waals surface area (Å²) >= 11 is 0. The fourth-order valence-electron chi connectivity index (χ4n) is 9.01. The van der Waals surface area contributed by atoms with Gasteiger partial charge in [0, 0.05) is 22.5 Å². The summed E-state index contributed by atoms with van der Waals surface area (Å²) in [5.41, 5.74) is 3.44. The van der Waals surface area contributed by atoms with Crippen molar-refractivity contribution in [3.8, 4) is 12.3 Å². The van der Waals surface area contributed by atoms with Crippen LogP contribution in [0.5, 0.6) is 0 Å². The molecule has 3 fully saturated rings. The van der Waals surface area contributed by atoms with Crippen molar-refractivity contribution in [2.45, 2.75) is 70.3 Å². The van der Waals surface area contributed by atoms with Crippen LogP contribution < -0.4 is 0 Å². The molecule has 5 aliphatic rings. The minimum atomic E-state index is -0.909. The number of benzene rings is 1. The molecule has 1 heterocycles. The zero-order valence-electron chi connectivity index (χ0n) is 24.5. The highest BCUT2D eigenvalue weighted by Crippen LogP contribution is 2.67. The largest absolute Gasteiger partial charge is 0.377 e. The molecular formula is C37H39NO4.